The molecule has 1 aliphatic rings. The third-order valence-corrected chi connectivity index (χ3v) is 4.88. The number of hydrogen-bond acceptors (Lipinski definition) is 3. The number of benzene rings is 2. The van der Waals surface area contributed by atoms with Crippen LogP contribution in [0, 0.1) is 5.92 Å². The number of aliphatic hydroxyl groups is 1. The van der Waals surface area contributed by atoms with E-state index in [0.717, 1.165) is 33.3 Å². The lowest BCUT2D eigenvalue weighted by atomic mass is 9.83. The number of aliphatic hydroxyl groups excluding tert-OH is 1. The summed E-state index contributed by atoms with van der Waals surface area (Å²) in [5, 5.41) is 11.8. The maximum absolute atomic E-state index is 12.5. The molecule has 0 unspecified atom stereocenters. The minimum Gasteiger partial charge on any atom is -0.497 e. The monoisotopic (exact) mass is 333 g/mol. The molecule has 4 rings (SSSR count). The Bertz CT molecular complexity index is 1000. The van der Waals surface area contributed by atoms with E-state index >= 15 is 0 Å². The Morgan fingerprint density at radius 1 is 1.16 bits per heavy atom. The molecule has 0 fully saturated rings. The lowest BCUT2D eigenvalue weighted by Gasteiger charge is -2.24. The average molecular weight is 333 g/mol. The van der Waals surface area contributed by atoms with Crippen molar-refractivity contribution in [1.29, 1.82) is 0 Å². The van der Waals surface area contributed by atoms with Crippen LogP contribution >= 0.6 is 0 Å². The molecule has 2 N–H and O–H groups in total. The topological polar surface area (TPSA) is 62.3 Å². The molecule has 2 aromatic carbocycles. The van der Waals surface area contributed by atoms with Gasteiger partial charge < -0.3 is 14.8 Å². The summed E-state index contributed by atoms with van der Waals surface area (Å²) in [6.45, 7) is 0. The van der Waals surface area contributed by atoms with Gasteiger partial charge in [-0.3, -0.25) is 4.79 Å². The first-order chi connectivity index (χ1) is 12.2. The Morgan fingerprint density at radius 2 is 1.92 bits per heavy atom. The number of H-pyrrole nitrogens is 1. The van der Waals surface area contributed by atoms with Crippen molar-refractivity contribution in [2.45, 2.75) is 12.5 Å². The fourth-order valence-corrected chi connectivity index (χ4v) is 3.49. The Hall–Kier alpha value is -2.85. The van der Waals surface area contributed by atoms with Gasteiger partial charge in [0.05, 0.1) is 13.2 Å². The smallest absolute Gasteiger partial charge is 0.252 e. The zero-order valence-electron chi connectivity index (χ0n) is 13.9. The molecule has 4 nitrogen and oxygen atoms in total. The van der Waals surface area contributed by atoms with Gasteiger partial charge in [0.1, 0.15) is 5.75 Å². The molecule has 0 amide bonds. The number of nitrogens with one attached hydrogen (secondary N) is 1. The minimum atomic E-state index is -0.666. The molecule has 3 aromatic rings. The fraction of sp³-hybridized carbons (Fsp3) is 0.190. The van der Waals surface area contributed by atoms with E-state index in [-0.39, 0.29) is 11.5 Å². The SMILES string of the molecule is COc1ccc([C@@H](O)[C@H]2C=Cc3c(c(=O)[nH]c4ccccc34)C2)cc1. The average Bonchev–Trinajstić information content (AvgIpc) is 2.67. The lowest BCUT2D eigenvalue weighted by Crippen LogP contribution is -2.23. The molecule has 0 aliphatic heterocycles. The first-order valence-corrected chi connectivity index (χ1v) is 8.31. The van der Waals surface area contributed by atoms with Crippen LogP contribution in [-0.2, 0) is 6.42 Å². The molecule has 0 bridgehead atoms. The predicted octanol–water partition coefficient (Wildman–Crippen LogP) is 3.46. The maximum Gasteiger partial charge on any atom is 0.252 e. The zero-order valence-corrected chi connectivity index (χ0v) is 13.9. The second kappa shape index (κ2) is 6.22. The van der Waals surface area contributed by atoms with Crippen LogP contribution in [-0.4, -0.2) is 17.2 Å². The number of fused-ring (bicyclic) bond motifs is 3. The summed E-state index contributed by atoms with van der Waals surface area (Å²) in [4.78, 5) is 15.4. The van der Waals surface area contributed by atoms with E-state index in [0.29, 0.717) is 6.42 Å². The Kier molecular flexibility index (Phi) is 3.90. The highest BCUT2D eigenvalue weighted by molar-refractivity contribution is 5.89. The van der Waals surface area contributed by atoms with Crippen LogP contribution in [0.1, 0.15) is 22.8 Å². The van der Waals surface area contributed by atoms with Crippen molar-refractivity contribution >= 4 is 17.0 Å². The highest BCUT2D eigenvalue weighted by Crippen LogP contribution is 2.33. The number of pyridine rings is 1. The standard InChI is InChI=1S/C21H19NO3/c1-25-15-9-6-13(7-10-15)20(23)14-8-11-16-17-4-2-3-5-19(17)22-21(24)18(16)12-14/h2-11,14,20,23H,12H2,1H3,(H,22,24)/t14-,20+/m0/s1. The van der Waals surface area contributed by atoms with E-state index in [9.17, 15) is 9.90 Å². The van der Waals surface area contributed by atoms with Crippen LogP contribution in [0.25, 0.3) is 17.0 Å². The number of hydrogen-bond donors (Lipinski definition) is 2. The molecule has 126 valence electrons. The van der Waals surface area contributed by atoms with E-state index in [2.05, 4.69) is 4.98 Å². The molecule has 4 heteroatoms. The zero-order chi connectivity index (χ0) is 17.4. The number of methoxy groups -OCH3 is 1. The number of aromatic amines is 1. The third-order valence-electron chi connectivity index (χ3n) is 4.88. The first kappa shape index (κ1) is 15.7. The third kappa shape index (κ3) is 2.75. The summed E-state index contributed by atoms with van der Waals surface area (Å²) in [6.07, 6.45) is 3.82. The van der Waals surface area contributed by atoms with E-state index in [1.165, 1.54) is 0 Å². The predicted molar refractivity (Wildman–Crippen MR) is 98.8 cm³/mol. The van der Waals surface area contributed by atoms with Gasteiger partial charge in [-0.1, -0.05) is 42.5 Å². The highest BCUT2D eigenvalue weighted by Gasteiger charge is 2.25. The van der Waals surface area contributed by atoms with Crippen molar-refractivity contribution in [2.24, 2.45) is 5.92 Å². The van der Waals surface area contributed by atoms with Gasteiger partial charge in [0.15, 0.2) is 0 Å². The van der Waals surface area contributed by atoms with Gasteiger partial charge in [-0.2, -0.15) is 0 Å². The van der Waals surface area contributed by atoms with Crippen LogP contribution in [0.5, 0.6) is 5.75 Å². The van der Waals surface area contributed by atoms with E-state index in [1.807, 2.05) is 60.7 Å². The molecule has 1 aliphatic carbocycles. The molecule has 2 atom stereocenters. The Morgan fingerprint density at radius 3 is 2.68 bits per heavy atom. The number of aromatic nitrogens is 1. The van der Waals surface area contributed by atoms with Gasteiger partial charge in [0.2, 0.25) is 0 Å². The van der Waals surface area contributed by atoms with Crippen LogP contribution in [0.4, 0.5) is 0 Å². The molecule has 0 radical (unpaired) electrons. The number of rotatable bonds is 3. The van der Waals surface area contributed by atoms with E-state index in [1.54, 1.807) is 7.11 Å². The molecule has 0 saturated carbocycles. The highest BCUT2D eigenvalue weighted by atomic mass is 16.5. The van der Waals surface area contributed by atoms with Crippen LogP contribution in [0.3, 0.4) is 0 Å². The Balaban J connectivity index is 1.69. The normalized spacial score (nSPS) is 17.3. The second-order valence-corrected chi connectivity index (χ2v) is 6.34. The summed E-state index contributed by atoms with van der Waals surface area (Å²) in [5.41, 5.74) is 3.27. The second-order valence-electron chi connectivity index (χ2n) is 6.34. The van der Waals surface area contributed by atoms with Crippen molar-refractivity contribution < 1.29 is 9.84 Å². The molecule has 1 aromatic heterocycles. The molecule has 1 heterocycles. The fourth-order valence-electron chi connectivity index (χ4n) is 3.49. The van der Waals surface area contributed by atoms with Crippen LogP contribution in [0.15, 0.2) is 59.4 Å². The Labute approximate surface area is 145 Å². The van der Waals surface area contributed by atoms with Gasteiger partial charge in [-0.15, -0.1) is 0 Å². The van der Waals surface area contributed by atoms with Crippen molar-refractivity contribution in [2.75, 3.05) is 7.11 Å². The summed E-state index contributed by atoms with van der Waals surface area (Å²) >= 11 is 0. The van der Waals surface area contributed by atoms with Crippen LogP contribution < -0.4 is 10.3 Å². The van der Waals surface area contributed by atoms with Crippen molar-refractivity contribution in [1.82, 2.24) is 4.98 Å². The molecular formula is C21H19NO3. The molecular weight excluding hydrogens is 314 g/mol. The first-order valence-electron chi connectivity index (χ1n) is 8.31. The molecule has 0 spiro atoms. The molecule has 25 heavy (non-hydrogen) atoms. The lowest BCUT2D eigenvalue weighted by molar-refractivity contribution is 0.131. The van der Waals surface area contributed by atoms with Gasteiger partial charge in [0, 0.05) is 22.4 Å². The van der Waals surface area contributed by atoms with Gasteiger partial charge in [-0.05, 0) is 35.7 Å². The minimum absolute atomic E-state index is 0.0787. The van der Waals surface area contributed by atoms with Gasteiger partial charge >= 0.3 is 0 Å². The van der Waals surface area contributed by atoms with Crippen LogP contribution in [0.2, 0.25) is 0 Å². The van der Waals surface area contributed by atoms with E-state index < -0.39 is 6.10 Å². The van der Waals surface area contributed by atoms with Crippen molar-refractivity contribution in [3.8, 4) is 5.75 Å². The van der Waals surface area contributed by atoms with Crippen molar-refractivity contribution in [3.05, 3.63) is 81.7 Å². The summed E-state index contributed by atoms with van der Waals surface area (Å²) in [5.74, 6) is 0.617. The number of ether oxygens (including phenoxy) is 1. The molecule has 0 saturated heterocycles. The van der Waals surface area contributed by atoms with Crippen molar-refractivity contribution in [3.63, 3.8) is 0 Å². The summed E-state index contributed by atoms with van der Waals surface area (Å²) in [6, 6.07) is 15.2. The van der Waals surface area contributed by atoms with Gasteiger partial charge in [0.25, 0.3) is 5.56 Å². The quantitative estimate of drug-likeness (QED) is 0.772. The summed E-state index contributed by atoms with van der Waals surface area (Å²) in [7, 11) is 1.61. The maximum atomic E-state index is 12.5. The summed E-state index contributed by atoms with van der Waals surface area (Å²) < 4.78 is 5.16. The van der Waals surface area contributed by atoms with E-state index in [4.69, 9.17) is 4.74 Å². The number of para-hydroxylation sites is 1. The van der Waals surface area contributed by atoms with Gasteiger partial charge in [-0.25, -0.2) is 0 Å². The largest absolute Gasteiger partial charge is 0.497 e.